The van der Waals surface area contributed by atoms with Crippen molar-refractivity contribution in [2.45, 2.75) is 0 Å². The average molecular weight is 174 g/mol. The molecule has 0 atom stereocenters. The Morgan fingerprint density at radius 1 is 1.54 bits per heavy atom. The van der Waals surface area contributed by atoms with Gasteiger partial charge in [0.05, 0.1) is 12.7 Å². The van der Waals surface area contributed by atoms with E-state index in [-0.39, 0.29) is 11.1 Å². The molecule has 0 aliphatic heterocycles. The molecule has 0 heterocycles. The number of carbonyl (C=O) groups is 2. The summed E-state index contributed by atoms with van der Waals surface area (Å²) >= 11 is 0. The van der Waals surface area contributed by atoms with Crippen LogP contribution in [0.1, 0.15) is 20.7 Å². The van der Waals surface area contributed by atoms with E-state index in [0.29, 0.717) is 11.7 Å². The third-order valence-corrected chi connectivity index (χ3v) is 1.61. The van der Waals surface area contributed by atoms with Crippen molar-refractivity contribution in [3.63, 3.8) is 0 Å². The first-order valence-electron chi connectivity index (χ1n) is 3.62. The monoisotopic (exact) mass is 174 g/mol. The van der Waals surface area contributed by atoms with Crippen molar-refractivity contribution in [1.29, 1.82) is 0 Å². The summed E-state index contributed by atoms with van der Waals surface area (Å²) < 4.78 is 4.48. The molecule has 64 valence electrons. The third kappa shape index (κ3) is 1.96. The number of carbonyl (C=O) groups excluding carboxylic acids is 2. The van der Waals surface area contributed by atoms with Crippen LogP contribution in [0, 0.1) is 0 Å². The van der Waals surface area contributed by atoms with Crippen LogP contribution in [0.2, 0.25) is 0 Å². The highest BCUT2D eigenvalue weighted by Crippen LogP contribution is 2.05. The SMILES string of the molecule is [B]c1ccc(C(=O)OC)c(C=O)c1. The summed E-state index contributed by atoms with van der Waals surface area (Å²) in [5, 5.41) is 0. The molecule has 2 radical (unpaired) electrons. The van der Waals surface area contributed by atoms with E-state index in [1.165, 1.54) is 19.2 Å². The number of ether oxygens (including phenoxy) is 1. The Balaban J connectivity index is 3.20. The molecule has 0 fully saturated rings. The van der Waals surface area contributed by atoms with Gasteiger partial charge in [0.2, 0.25) is 0 Å². The van der Waals surface area contributed by atoms with E-state index in [0.717, 1.165) is 0 Å². The van der Waals surface area contributed by atoms with Crippen LogP contribution in [0.3, 0.4) is 0 Å². The van der Waals surface area contributed by atoms with Gasteiger partial charge in [-0.25, -0.2) is 4.79 Å². The predicted octanol–water partition coefficient (Wildman–Crippen LogP) is 0.0795. The summed E-state index contributed by atoms with van der Waals surface area (Å²) in [5.74, 6) is -0.540. The van der Waals surface area contributed by atoms with Crippen molar-refractivity contribution in [2.24, 2.45) is 0 Å². The van der Waals surface area contributed by atoms with E-state index in [4.69, 9.17) is 7.85 Å². The van der Waals surface area contributed by atoms with E-state index in [2.05, 4.69) is 4.74 Å². The van der Waals surface area contributed by atoms with Gasteiger partial charge < -0.3 is 4.74 Å². The van der Waals surface area contributed by atoms with Gasteiger partial charge in [-0.1, -0.05) is 17.6 Å². The Hall–Kier alpha value is -1.58. The van der Waals surface area contributed by atoms with Crippen LogP contribution >= 0.6 is 0 Å². The minimum atomic E-state index is -0.540. The molecule has 0 aromatic heterocycles. The Morgan fingerprint density at radius 3 is 2.77 bits per heavy atom. The van der Waals surface area contributed by atoms with Crippen molar-refractivity contribution in [1.82, 2.24) is 0 Å². The van der Waals surface area contributed by atoms with Crippen molar-refractivity contribution < 1.29 is 14.3 Å². The molecule has 0 unspecified atom stereocenters. The lowest BCUT2D eigenvalue weighted by Crippen LogP contribution is -2.10. The summed E-state index contributed by atoms with van der Waals surface area (Å²) in [7, 11) is 6.69. The minimum absolute atomic E-state index is 0.228. The van der Waals surface area contributed by atoms with Gasteiger partial charge in [-0.2, -0.15) is 0 Å². The first-order chi connectivity index (χ1) is 6.19. The molecule has 1 aromatic rings. The highest BCUT2D eigenvalue weighted by atomic mass is 16.5. The van der Waals surface area contributed by atoms with Gasteiger partial charge in [-0.05, 0) is 6.07 Å². The second-order valence-electron chi connectivity index (χ2n) is 2.46. The van der Waals surface area contributed by atoms with Crippen LogP contribution < -0.4 is 5.46 Å². The normalized spacial score (nSPS) is 9.31. The van der Waals surface area contributed by atoms with Gasteiger partial charge in [0.1, 0.15) is 7.85 Å². The van der Waals surface area contributed by atoms with Crippen LogP contribution in [-0.2, 0) is 4.74 Å². The number of esters is 1. The zero-order valence-electron chi connectivity index (χ0n) is 7.11. The van der Waals surface area contributed by atoms with Crippen LogP contribution in [0.4, 0.5) is 0 Å². The van der Waals surface area contributed by atoms with E-state index in [9.17, 15) is 9.59 Å². The molecule has 13 heavy (non-hydrogen) atoms. The molecular formula is C9H7BO3. The molecule has 0 aliphatic rings. The van der Waals surface area contributed by atoms with Crippen LogP contribution in [0.5, 0.6) is 0 Å². The molecule has 0 amide bonds. The van der Waals surface area contributed by atoms with Gasteiger partial charge in [-0.3, -0.25) is 4.79 Å². The molecule has 0 aliphatic carbocycles. The highest BCUT2D eigenvalue weighted by Gasteiger charge is 2.10. The number of methoxy groups -OCH3 is 1. The van der Waals surface area contributed by atoms with E-state index < -0.39 is 5.97 Å². The van der Waals surface area contributed by atoms with Crippen LogP contribution in [0.15, 0.2) is 18.2 Å². The molecule has 1 rings (SSSR count). The highest BCUT2D eigenvalue weighted by molar-refractivity contribution is 6.32. The number of aldehydes is 1. The summed E-state index contributed by atoms with van der Waals surface area (Å²) in [6, 6.07) is 4.43. The fourth-order valence-electron chi connectivity index (χ4n) is 0.975. The summed E-state index contributed by atoms with van der Waals surface area (Å²) in [6.07, 6.45) is 0.572. The average Bonchev–Trinajstić information content (AvgIpc) is 2.16. The lowest BCUT2D eigenvalue weighted by Gasteiger charge is -2.02. The second kappa shape index (κ2) is 3.89. The summed E-state index contributed by atoms with van der Waals surface area (Å²) in [5.41, 5.74) is 0.910. The second-order valence-corrected chi connectivity index (χ2v) is 2.46. The zero-order chi connectivity index (χ0) is 9.84. The molecule has 3 nitrogen and oxygen atoms in total. The first kappa shape index (κ1) is 9.51. The molecule has 0 spiro atoms. The van der Waals surface area contributed by atoms with Crippen molar-refractivity contribution in [2.75, 3.05) is 7.11 Å². The Bertz CT molecular complexity index is 347. The van der Waals surface area contributed by atoms with Gasteiger partial charge in [0.15, 0.2) is 6.29 Å². The molecular weight excluding hydrogens is 167 g/mol. The lowest BCUT2D eigenvalue weighted by atomic mass is 9.92. The van der Waals surface area contributed by atoms with Gasteiger partial charge in [-0.15, -0.1) is 0 Å². The topological polar surface area (TPSA) is 43.4 Å². The fourth-order valence-corrected chi connectivity index (χ4v) is 0.975. The standard InChI is InChI=1S/C9H7BO3/c1-13-9(12)8-3-2-7(10)4-6(8)5-11/h2-5H,1H3. The summed E-state index contributed by atoms with van der Waals surface area (Å²) in [6.45, 7) is 0. The van der Waals surface area contributed by atoms with Crippen LogP contribution in [0.25, 0.3) is 0 Å². The van der Waals surface area contributed by atoms with E-state index in [1.54, 1.807) is 6.07 Å². The summed E-state index contributed by atoms with van der Waals surface area (Å²) in [4.78, 5) is 21.6. The van der Waals surface area contributed by atoms with Gasteiger partial charge >= 0.3 is 5.97 Å². The molecule has 0 N–H and O–H groups in total. The smallest absolute Gasteiger partial charge is 0.338 e. The Morgan fingerprint density at radius 2 is 2.23 bits per heavy atom. The number of benzene rings is 1. The maximum Gasteiger partial charge on any atom is 0.338 e. The lowest BCUT2D eigenvalue weighted by molar-refractivity contribution is 0.0598. The molecule has 0 saturated heterocycles. The molecule has 1 aromatic carbocycles. The number of hydrogen-bond donors (Lipinski definition) is 0. The minimum Gasteiger partial charge on any atom is -0.465 e. The molecule has 4 heteroatoms. The van der Waals surface area contributed by atoms with E-state index in [1.807, 2.05) is 0 Å². The Kier molecular flexibility index (Phi) is 2.85. The van der Waals surface area contributed by atoms with Crippen molar-refractivity contribution in [3.05, 3.63) is 29.3 Å². The first-order valence-corrected chi connectivity index (χ1v) is 3.62. The number of rotatable bonds is 2. The molecule has 0 bridgehead atoms. The van der Waals surface area contributed by atoms with E-state index >= 15 is 0 Å². The third-order valence-electron chi connectivity index (χ3n) is 1.61. The molecule has 0 saturated carbocycles. The quantitative estimate of drug-likeness (QED) is 0.362. The maximum atomic E-state index is 11.1. The van der Waals surface area contributed by atoms with Crippen molar-refractivity contribution >= 4 is 25.6 Å². The fraction of sp³-hybridized carbons (Fsp3) is 0.111. The van der Waals surface area contributed by atoms with Gasteiger partial charge in [0, 0.05) is 5.56 Å². The predicted molar refractivity (Wildman–Crippen MR) is 48.6 cm³/mol. The maximum absolute atomic E-state index is 11.1. The largest absolute Gasteiger partial charge is 0.465 e. The Labute approximate surface area is 77.1 Å². The number of hydrogen-bond acceptors (Lipinski definition) is 3. The van der Waals surface area contributed by atoms with Crippen molar-refractivity contribution in [3.8, 4) is 0 Å². The van der Waals surface area contributed by atoms with Crippen LogP contribution in [-0.4, -0.2) is 27.2 Å². The van der Waals surface area contributed by atoms with Gasteiger partial charge in [0.25, 0.3) is 0 Å². The zero-order valence-corrected chi connectivity index (χ0v) is 7.11.